The summed E-state index contributed by atoms with van der Waals surface area (Å²) in [6, 6.07) is 21.3. The van der Waals surface area contributed by atoms with Gasteiger partial charge in [-0.15, -0.1) is 0 Å². The summed E-state index contributed by atoms with van der Waals surface area (Å²) >= 11 is 0. The Balaban J connectivity index is 1.12. The molecule has 0 spiro atoms. The molecule has 0 aliphatic carbocycles. The number of aromatic nitrogens is 2. The molecule has 7 nitrogen and oxygen atoms in total. The molecule has 0 radical (unpaired) electrons. The second kappa shape index (κ2) is 9.00. The molecule has 1 fully saturated rings. The van der Waals surface area contributed by atoms with Crippen molar-refractivity contribution in [2.45, 2.75) is 38.5 Å². The van der Waals surface area contributed by atoms with Gasteiger partial charge in [0.25, 0.3) is 5.91 Å². The van der Waals surface area contributed by atoms with Gasteiger partial charge in [0.15, 0.2) is 0 Å². The molecule has 1 unspecified atom stereocenters. The number of ether oxygens (including phenoxy) is 1. The van der Waals surface area contributed by atoms with Crippen LogP contribution < -0.4 is 10.1 Å². The predicted molar refractivity (Wildman–Crippen MR) is 136 cm³/mol. The third kappa shape index (κ3) is 4.13. The van der Waals surface area contributed by atoms with Gasteiger partial charge in [-0.3, -0.25) is 9.59 Å². The summed E-state index contributed by atoms with van der Waals surface area (Å²) in [5, 5.41) is 2.78. The van der Waals surface area contributed by atoms with Gasteiger partial charge >= 0.3 is 0 Å². The topological polar surface area (TPSA) is 87.3 Å². The highest BCUT2D eigenvalue weighted by Gasteiger charge is 2.39. The molecule has 2 aliphatic heterocycles. The van der Waals surface area contributed by atoms with Gasteiger partial charge in [-0.25, -0.2) is 4.98 Å². The van der Waals surface area contributed by atoms with Crippen molar-refractivity contribution < 1.29 is 14.3 Å². The number of nitrogens with zero attached hydrogens (tertiary/aromatic N) is 2. The largest absolute Gasteiger partial charge is 0.489 e. The number of amides is 2. The Labute approximate surface area is 208 Å². The van der Waals surface area contributed by atoms with Crippen molar-refractivity contribution in [2.75, 3.05) is 0 Å². The van der Waals surface area contributed by atoms with Crippen LogP contribution in [0.4, 0.5) is 0 Å². The van der Waals surface area contributed by atoms with E-state index < -0.39 is 6.04 Å². The number of para-hydroxylation sites is 2. The predicted octanol–water partition coefficient (Wildman–Crippen LogP) is 4.48. The third-order valence-electron chi connectivity index (χ3n) is 6.88. The molecule has 180 valence electrons. The zero-order chi connectivity index (χ0) is 24.6. The zero-order valence-corrected chi connectivity index (χ0v) is 19.8. The number of imidazole rings is 1. The van der Waals surface area contributed by atoms with Gasteiger partial charge in [0.2, 0.25) is 5.91 Å². The fraction of sp³-hybridized carbons (Fsp3) is 0.207. The minimum absolute atomic E-state index is 0.127. The van der Waals surface area contributed by atoms with E-state index in [0.717, 1.165) is 40.0 Å². The van der Waals surface area contributed by atoms with Crippen LogP contribution in [0.15, 0.2) is 79.0 Å². The van der Waals surface area contributed by atoms with E-state index in [1.807, 2.05) is 36.4 Å². The number of allylic oxidation sites excluding steroid dienone is 1. The normalized spacial score (nSPS) is 17.4. The monoisotopic (exact) mass is 478 g/mol. The average Bonchev–Trinajstić information content (AvgIpc) is 3.44. The second-order valence-corrected chi connectivity index (χ2v) is 9.35. The summed E-state index contributed by atoms with van der Waals surface area (Å²) in [4.78, 5) is 35.2. The standard InChI is InChI=1S/C29H26N4O3/c1-18-9-14-25(28(34)30-18)33-16-22-21(29(33)35)5-4-8-26(22)36-17-20-12-10-19(11-13-20)15-27-31-23-6-2-3-7-24(23)32-27/h2-8,10-13,25H,1,9,14-17H2,(H,30,34)(H,31,32). The van der Waals surface area contributed by atoms with Crippen LogP contribution in [0, 0.1) is 0 Å². The summed E-state index contributed by atoms with van der Waals surface area (Å²) in [6.45, 7) is 4.58. The van der Waals surface area contributed by atoms with Crippen molar-refractivity contribution in [1.29, 1.82) is 0 Å². The maximum absolute atomic E-state index is 13.1. The lowest BCUT2D eigenvalue weighted by atomic mass is 10.0. The molecule has 6 rings (SSSR count). The number of benzene rings is 3. The van der Waals surface area contributed by atoms with Crippen LogP contribution in [-0.2, 0) is 24.4 Å². The first kappa shape index (κ1) is 22.1. The number of nitrogens with one attached hydrogen (secondary N) is 2. The van der Waals surface area contributed by atoms with E-state index in [4.69, 9.17) is 4.74 Å². The summed E-state index contributed by atoms with van der Waals surface area (Å²) < 4.78 is 6.15. The summed E-state index contributed by atoms with van der Waals surface area (Å²) in [5.74, 6) is 1.32. The van der Waals surface area contributed by atoms with Crippen LogP contribution in [0.2, 0.25) is 0 Å². The van der Waals surface area contributed by atoms with Crippen LogP contribution in [0.25, 0.3) is 11.0 Å². The van der Waals surface area contributed by atoms with Crippen molar-refractivity contribution in [1.82, 2.24) is 20.2 Å². The lowest BCUT2D eigenvalue weighted by Gasteiger charge is -2.31. The Morgan fingerprint density at radius 2 is 1.81 bits per heavy atom. The summed E-state index contributed by atoms with van der Waals surface area (Å²) in [5.41, 5.74) is 6.35. The lowest BCUT2D eigenvalue weighted by Crippen LogP contribution is -2.49. The van der Waals surface area contributed by atoms with Gasteiger partial charge in [0.05, 0.1) is 17.6 Å². The Kier molecular flexibility index (Phi) is 5.52. The van der Waals surface area contributed by atoms with Gasteiger partial charge in [0, 0.05) is 23.2 Å². The summed E-state index contributed by atoms with van der Waals surface area (Å²) in [7, 11) is 0. The number of piperidine rings is 1. The third-order valence-corrected chi connectivity index (χ3v) is 6.88. The summed E-state index contributed by atoms with van der Waals surface area (Å²) in [6.07, 6.45) is 1.98. The quantitative estimate of drug-likeness (QED) is 0.428. The number of H-pyrrole nitrogens is 1. The Morgan fingerprint density at radius 1 is 1.00 bits per heavy atom. The van der Waals surface area contributed by atoms with Gasteiger partial charge in [-0.1, -0.05) is 49.0 Å². The van der Waals surface area contributed by atoms with Crippen molar-refractivity contribution in [3.8, 4) is 5.75 Å². The van der Waals surface area contributed by atoms with E-state index >= 15 is 0 Å². The number of rotatable bonds is 6. The van der Waals surface area contributed by atoms with Gasteiger partial charge < -0.3 is 19.9 Å². The molecule has 2 aliphatic rings. The van der Waals surface area contributed by atoms with E-state index in [1.165, 1.54) is 0 Å². The zero-order valence-electron chi connectivity index (χ0n) is 19.8. The van der Waals surface area contributed by atoms with Crippen LogP contribution in [0.1, 0.15) is 45.7 Å². The number of fused-ring (bicyclic) bond motifs is 2. The molecule has 1 atom stereocenters. The van der Waals surface area contributed by atoms with E-state index in [2.05, 4.69) is 46.1 Å². The smallest absolute Gasteiger partial charge is 0.255 e. The van der Waals surface area contributed by atoms with Crippen LogP contribution in [0.3, 0.4) is 0 Å². The molecular weight excluding hydrogens is 452 g/mol. The van der Waals surface area contributed by atoms with Crippen LogP contribution >= 0.6 is 0 Å². The minimum Gasteiger partial charge on any atom is -0.489 e. The Hall–Kier alpha value is -4.39. The molecule has 7 heteroatoms. The fourth-order valence-electron chi connectivity index (χ4n) is 4.97. The van der Waals surface area contributed by atoms with Gasteiger partial charge in [-0.05, 0) is 48.2 Å². The molecule has 3 heterocycles. The fourth-order valence-corrected chi connectivity index (χ4v) is 4.97. The lowest BCUT2D eigenvalue weighted by molar-refractivity contribution is -0.126. The SMILES string of the molecule is C=C1CCC(N2Cc3c(OCc4ccc(Cc5nc6ccccc6[nH]5)cc4)cccc3C2=O)C(=O)N1. The van der Waals surface area contributed by atoms with Crippen molar-refractivity contribution in [3.05, 3.63) is 107 Å². The van der Waals surface area contributed by atoms with Crippen LogP contribution in [-0.4, -0.2) is 32.7 Å². The highest BCUT2D eigenvalue weighted by Crippen LogP contribution is 2.34. The van der Waals surface area contributed by atoms with Crippen molar-refractivity contribution in [2.24, 2.45) is 0 Å². The van der Waals surface area contributed by atoms with E-state index in [0.29, 0.717) is 43.0 Å². The molecule has 1 aromatic heterocycles. The average molecular weight is 479 g/mol. The molecule has 3 aromatic carbocycles. The Bertz CT molecular complexity index is 1460. The van der Waals surface area contributed by atoms with E-state index in [-0.39, 0.29) is 11.8 Å². The minimum atomic E-state index is -0.484. The maximum Gasteiger partial charge on any atom is 0.255 e. The number of hydrogen-bond acceptors (Lipinski definition) is 4. The molecule has 0 saturated carbocycles. The molecular formula is C29H26N4O3. The first-order valence-electron chi connectivity index (χ1n) is 12.1. The molecule has 0 bridgehead atoms. The van der Waals surface area contributed by atoms with Gasteiger partial charge in [0.1, 0.15) is 24.2 Å². The molecule has 1 saturated heterocycles. The molecule has 2 N–H and O–H groups in total. The van der Waals surface area contributed by atoms with Gasteiger partial charge in [-0.2, -0.15) is 0 Å². The number of carbonyl (C=O) groups is 2. The number of hydrogen-bond donors (Lipinski definition) is 2. The van der Waals surface area contributed by atoms with Crippen LogP contribution in [0.5, 0.6) is 5.75 Å². The van der Waals surface area contributed by atoms with E-state index in [1.54, 1.807) is 11.0 Å². The second-order valence-electron chi connectivity index (χ2n) is 9.35. The maximum atomic E-state index is 13.1. The first-order chi connectivity index (χ1) is 17.5. The number of carbonyl (C=O) groups excluding carboxylic acids is 2. The molecule has 36 heavy (non-hydrogen) atoms. The first-order valence-corrected chi connectivity index (χ1v) is 12.1. The molecule has 2 amide bonds. The number of aromatic amines is 1. The Morgan fingerprint density at radius 3 is 2.61 bits per heavy atom. The highest BCUT2D eigenvalue weighted by molar-refractivity contribution is 6.02. The van der Waals surface area contributed by atoms with Crippen molar-refractivity contribution in [3.63, 3.8) is 0 Å². The highest BCUT2D eigenvalue weighted by atomic mass is 16.5. The van der Waals surface area contributed by atoms with Crippen molar-refractivity contribution >= 4 is 22.8 Å². The molecule has 4 aromatic rings. The van der Waals surface area contributed by atoms with E-state index in [9.17, 15) is 9.59 Å².